The first-order valence-electron chi connectivity index (χ1n) is 15.1. The van der Waals surface area contributed by atoms with Crippen LogP contribution in [0.5, 0.6) is 5.75 Å². The minimum atomic E-state index is -0.805. The number of thioether (sulfide) groups is 1. The highest BCUT2D eigenvalue weighted by Gasteiger charge is 2.22. The minimum absolute atomic E-state index is 0.0214. The van der Waals surface area contributed by atoms with E-state index in [-0.39, 0.29) is 37.6 Å². The van der Waals surface area contributed by atoms with E-state index in [4.69, 9.17) is 36.8 Å². The highest BCUT2D eigenvalue weighted by molar-refractivity contribution is 7.98. The lowest BCUT2D eigenvalue weighted by atomic mass is 9.96. The number of anilines is 1. The van der Waals surface area contributed by atoms with Gasteiger partial charge in [-0.25, -0.2) is 14.8 Å². The smallest absolute Gasteiger partial charge is 0.328 e. The zero-order valence-corrected chi connectivity index (χ0v) is 28.8. The summed E-state index contributed by atoms with van der Waals surface area (Å²) in [5.74, 6) is 0.480. The summed E-state index contributed by atoms with van der Waals surface area (Å²) in [4.78, 5) is 33.3. The zero-order valence-electron chi connectivity index (χ0n) is 26.4. The van der Waals surface area contributed by atoms with Crippen LogP contribution < -0.4 is 21.1 Å². The Kier molecular flexibility index (Phi) is 13.6. The second-order valence-electron chi connectivity index (χ2n) is 10.3. The van der Waals surface area contributed by atoms with Crippen molar-refractivity contribution in [2.24, 2.45) is 5.73 Å². The van der Waals surface area contributed by atoms with Crippen LogP contribution in [0.25, 0.3) is 21.7 Å². The second-order valence-corrected chi connectivity index (χ2v) is 12.6. The summed E-state index contributed by atoms with van der Waals surface area (Å²) in [5, 5.41) is 30.3. The van der Waals surface area contributed by atoms with Crippen molar-refractivity contribution < 1.29 is 19.1 Å². The molecule has 1 amide bonds. The number of esters is 1. The molecule has 1 atom stereocenters. The van der Waals surface area contributed by atoms with Gasteiger partial charge in [-0.15, -0.1) is 11.3 Å². The molecule has 2 aromatic heterocycles. The summed E-state index contributed by atoms with van der Waals surface area (Å²) in [7, 11) is 0. The van der Waals surface area contributed by atoms with Crippen molar-refractivity contribution in [3.63, 3.8) is 0 Å². The average molecular weight is 704 g/mol. The van der Waals surface area contributed by atoms with Gasteiger partial charge in [-0.2, -0.15) is 10.5 Å². The first-order valence-corrected chi connectivity index (χ1v) is 17.4. The van der Waals surface area contributed by atoms with Gasteiger partial charge in [0.2, 0.25) is 5.91 Å². The van der Waals surface area contributed by atoms with E-state index in [0.717, 1.165) is 22.7 Å². The van der Waals surface area contributed by atoms with Crippen LogP contribution in [0.1, 0.15) is 43.5 Å². The number of hydrogen-bond donors (Lipinski definition) is 3. The molecule has 0 saturated carbocycles. The predicted octanol–water partition coefficient (Wildman–Crippen LogP) is 6.16. The lowest BCUT2D eigenvalue weighted by Crippen LogP contribution is -2.40. The summed E-state index contributed by atoms with van der Waals surface area (Å²) in [6.45, 7) is 4.40. The standard InChI is InChI=1S/C34H34ClN7O4S2/c1-3-14-39-31-27(17-37)30(22-6-10-26(11-7-22)45-15-16-46-34(44)21(2)40-29(43)12-13-36)28(18-38)33(42-31)48-20-25-19-47-32(41-25)23-4-8-24(35)9-5-23/h4-11,19,21H,3,12-16,20,36H2,1-2H3,(H,39,42)(H,40,43). The van der Waals surface area contributed by atoms with Gasteiger partial charge in [0.05, 0.1) is 11.3 Å². The number of carbonyl (C=O) groups excluding carboxylic acids is 2. The van der Waals surface area contributed by atoms with Crippen molar-refractivity contribution in [2.75, 3.05) is 31.6 Å². The van der Waals surface area contributed by atoms with E-state index in [2.05, 4.69) is 22.8 Å². The molecule has 11 nitrogen and oxygen atoms in total. The fourth-order valence-corrected chi connectivity index (χ4v) is 6.37. The van der Waals surface area contributed by atoms with Crippen LogP contribution in [0.2, 0.25) is 5.02 Å². The Morgan fingerprint density at radius 2 is 1.75 bits per heavy atom. The van der Waals surface area contributed by atoms with Gasteiger partial charge in [-0.05, 0) is 43.2 Å². The third-order valence-electron chi connectivity index (χ3n) is 6.77. The van der Waals surface area contributed by atoms with E-state index in [1.54, 1.807) is 24.3 Å². The summed E-state index contributed by atoms with van der Waals surface area (Å²) in [6.07, 6.45) is 0.942. The molecule has 0 spiro atoms. The van der Waals surface area contributed by atoms with E-state index in [0.29, 0.717) is 50.6 Å². The first-order chi connectivity index (χ1) is 23.3. The number of nitrogens with two attached hydrogens (primary N) is 1. The Balaban J connectivity index is 1.49. The maximum Gasteiger partial charge on any atom is 0.328 e. The van der Waals surface area contributed by atoms with Gasteiger partial charge in [0.25, 0.3) is 0 Å². The molecule has 2 aromatic carbocycles. The fraction of sp³-hybridized carbons (Fsp3) is 0.294. The average Bonchev–Trinajstić information content (AvgIpc) is 3.57. The van der Waals surface area contributed by atoms with Crippen LogP contribution >= 0.6 is 34.7 Å². The van der Waals surface area contributed by atoms with E-state index in [9.17, 15) is 20.1 Å². The molecular weight excluding hydrogens is 670 g/mol. The number of amides is 1. The number of halogens is 1. The number of aromatic nitrogens is 2. The summed E-state index contributed by atoms with van der Waals surface area (Å²) < 4.78 is 10.9. The van der Waals surface area contributed by atoms with Crippen LogP contribution in [-0.4, -0.2) is 54.2 Å². The van der Waals surface area contributed by atoms with Crippen molar-refractivity contribution in [3.05, 3.63) is 75.8 Å². The van der Waals surface area contributed by atoms with E-state index in [1.807, 2.05) is 36.6 Å². The third-order valence-corrected chi connectivity index (χ3v) is 8.97. The van der Waals surface area contributed by atoms with Gasteiger partial charge in [0, 0.05) is 46.8 Å². The van der Waals surface area contributed by atoms with E-state index < -0.39 is 12.0 Å². The van der Waals surface area contributed by atoms with Crippen LogP contribution in [0.15, 0.2) is 58.9 Å². The lowest BCUT2D eigenvalue weighted by molar-refractivity contribution is -0.148. The Morgan fingerprint density at radius 3 is 2.42 bits per heavy atom. The van der Waals surface area contributed by atoms with Crippen molar-refractivity contribution in [1.82, 2.24) is 15.3 Å². The van der Waals surface area contributed by atoms with Crippen LogP contribution in [0.4, 0.5) is 5.82 Å². The molecule has 0 fully saturated rings. The molecular formula is C34H34ClN7O4S2. The lowest BCUT2D eigenvalue weighted by Gasteiger charge is -2.16. The number of carbonyl (C=O) groups is 2. The number of pyridine rings is 1. The maximum absolute atomic E-state index is 12.1. The number of hydrogen-bond acceptors (Lipinski definition) is 12. The molecule has 0 aliphatic rings. The summed E-state index contributed by atoms with van der Waals surface area (Å²) in [5.41, 5.74) is 8.85. The monoisotopic (exact) mass is 703 g/mol. The largest absolute Gasteiger partial charge is 0.490 e. The highest BCUT2D eigenvalue weighted by atomic mass is 35.5. The third kappa shape index (κ3) is 9.69. The SMILES string of the molecule is CCCNc1nc(SCc2csc(-c3ccc(Cl)cc3)n2)c(C#N)c(-c2ccc(OCCOC(=O)C(C)NC(=O)CCN)cc2)c1C#N. The van der Waals surface area contributed by atoms with Gasteiger partial charge in [-0.1, -0.05) is 54.6 Å². The van der Waals surface area contributed by atoms with Crippen LogP contribution in [0.3, 0.4) is 0 Å². The molecule has 0 aliphatic carbocycles. The molecule has 0 aliphatic heterocycles. The van der Waals surface area contributed by atoms with Gasteiger partial charge < -0.3 is 25.8 Å². The van der Waals surface area contributed by atoms with E-state index in [1.165, 1.54) is 30.0 Å². The molecule has 0 saturated heterocycles. The van der Waals surface area contributed by atoms with Crippen molar-refractivity contribution >= 4 is 52.4 Å². The Hall–Kier alpha value is -4.66. The van der Waals surface area contributed by atoms with Crippen molar-refractivity contribution in [2.45, 2.75) is 43.5 Å². The molecule has 0 radical (unpaired) electrons. The molecule has 4 aromatic rings. The normalized spacial score (nSPS) is 11.2. The molecule has 4 rings (SSSR count). The molecule has 4 N–H and O–H groups in total. The van der Waals surface area contributed by atoms with Gasteiger partial charge in [0.15, 0.2) is 0 Å². The topological polar surface area (TPSA) is 176 Å². The Labute approximate surface area is 292 Å². The number of nitriles is 2. The van der Waals surface area contributed by atoms with Crippen molar-refractivity contribution in [1.29, 1.82) is 10.5 Å². The van der Waals surface area contributed by atoms with Gasteiger partial charge in [-0.3, -0.25) is 4.79 Å². The predicted molar refractivity (Wildman–Crippen MR) is 188 cm³/mol. The fourth-order valence-electron chi connectivity index (χ4n) is 4.43. The summed E-state index contributed by atoms with van der Waals surface area (Å²) >= 11 is 8.94. The molecule has 48 heavy (non-hydrogen) atoms. The van der Waals surface area contributed by atoms with Gasteiger partial charge in [0.1, 0.15) is 58.6 Å². The first kappa shape index (κ1) is 36.2. The van der Waals surface area contributed by atoms with Gasteiger partial charge >= 0.3 is 5.97 Å². The minimum Gasteiger partial charge on any atom is -0.490 e. The van der Waals surface area contributed by atoms with E-state index >= 15 is 0 Å². The molecule has 1 unspecified atom stereocenters. The molecule has 248 valence electrons. The zero-order chi connectivity index (χ0) is 34.5. The number of benzene rings is 2. The Bertz CT molecular complexity index is 1800. The van der Waals surface area contributed by atoms with Crippen LogP contribution in [0, 0.1) is 22.7 Å². The van der Waals surface area contributed by atoms with Crippen molar-refractivity contribution in [3.8, 4) is 39.6 Å². The molecule has 0 bridgehead atoms. The number of nitrogens with zero attached hydrogens (tertiary/aromatic N) is 4. The molecule has 14 heteroatoms. The highest BCUT2D eigenvalue weighted by Crippen LogP contribution is 2.38. The number of nitrogens with one attached hydrogen (secondary N) is 2. The number of rotatable bonds is 16. The summed E-state index contributed by atoms with van der Waals surface area (Å²) in [6, 6.07) is 18.2. The van der Waals surface area contributed by atoms with Crippen LogP contribution in [-0.2, 0) is 20.1 Å². The second kappa shape index (κ2) is 18.0. The number of thiazole rings is 1. The number of ether oxygens (including phenoxy) is 2. The maximum atomic E-state index is 12.1. The molecule has 2 heterocycles. The quantitative estimate of drug-likeness (QED) is 0.0692. The Morgan fingerprint density at radius 1 is 1.04 bits per heavy atom.